The van der Waals surface area contributed by atoms with E-state index in [1.54, 1.807) is 6.20 Å². The molecule has 0 N–H and O–H groups in total. The van der Waals surface area contributed by atoms with Gasteiger partial charge in [-0.15, -0.1) is 0 Å². The van der Waals surface area contributed by atoms with Gasteiger partial charge in [0.15, 0.2) is 5.82 Å². The number of rotatable bonds is 1. The first-order chi connectivity index (χ1) is 5.70. The summed E-state index contributed by atoms with van der Waals surface area (Å²) >= 11 is 3.06. The zero-order valence-electron chi connectivity index (χ0n) is 6.77. The zero-order chi connectivity index (χ0) is 8.72. The Morgan fingerprint density at radius 3 is 2.83 bits per heavy atom. The predicted octanol–water partition coefficient (Wildman–Crippen LogP) is 3.17. The SMILES string of the molecule is Cc1c(C2CC2)cnc(Br)c1F. The highest BCUT2D eigenvalue weighted by Gasteiger charge is 2.26. The summed E-state index contributed by atoms with van der Waals surface area (Å²) in [5.41, 5.74) is 1.83. The molecule has 0 radical (unpaired) electrons. The standard InChI is InChI=1S/C9H9BrFN/c1-5-7(6-2-3-6)4-12-9(10)8(5)11/h4,6H,2-3H2,1H3. The van der Waals surface area contributed by atoms with E-state index in [4.69, 9.17) is 0 Å². The van der Waals surface area contributed by atoms with E-state index < -0.39 is 0 Å². The Morgan fingerprint density at radius 2 is 2.25 bits per heavy atom. The van der Waals surface area contributed by atoms with Crippen LogP contribution in [0.4, 0.5) is 4.39 Å². The molecule has 1 heterocycles. The first-order valence-corrected chi connectivity index (χ1v) is 4.80. The molecular weight excluding hydrogens is 221 g/mol. The molecule has 0 atom stereocenters. The van der Waals surface area contributed by atoms with Crippen LogP contribution in [0.1, 0.15) is 29.9 Å². The maximum atomic E-state index is 13.3. The van der Waals surface area contributed by atoms with Crippen molar-refractivity contribution in [3.63, 3.8) is 0 Å². The van der Waals surface area contributed by atoms with E-state index in [-0.39, 0.29) is 5.82 Å². The van der Waals surface area contributed by atoms with Gasteiger partial charge in [0.2, 0.25) is 0 Å². The van der Waals surface area contributed by atoms with Crippen LogP contribution in [0.5, 0.6) is 0 Å². The zero-order valence-corrected chi connectivity index (χ0v) is 8.36. The molecular formula is C9H9BrFN. The number of hydrogen-bond donors (Lipinski definition) is 0. The fraction of sp³-hybridized carbons (Fsp3) is 0.444. The summed E-state index contributed by atoms with van der Waals surface area (Å²) in [4.78, 5) is 3.94. The lowest BCUT2D eigenvalue weighted by Crippen LogP contribution is -1.94. The molecule has 1 saturated carbocycles. The Bertz CT molecular complexity index is 321. The van der Waals surface area contributed by atoms with Gasteiger partial charge >= 0.3 is 0 Å². The number of aromatic nitrogens is 1. The van der Waals surface area contributed by atoms with Crippen molar-refractivity contribution >= 4 is 15.9 Å². The molecule has 12 heavy (non-hydrogen) atoms. The molecule has 3 heteroatoms. The molecule has 0 unspecified atom stereocenters. The minimum atomic E-state index is -0.209. The second-order valence-electron chi connectivity index (χ2n) is 3.22. The lowest BCUT2D eigenvalue weighted by molar-refractivity contribution is 0.599. The number of nitrogens with zero attached hydrogens (tertiary/aromatic N) is 1. The molecule has 0 amide bonds. The van der Waals surface area contributed by atoms with Gasteiger partial charge in [-0.3, -0.25) is 0 Å². The Labute approximate surface area is 79.1 Å². The van der Waals surface area contributed by atoms with Crippen LogP contribution in [0.3, 0.4) is 0 Å². The van der Waals surface area contributed by atoms with Crippen LogP contribution in [-0.4, -0.2) is 4.98 Å². The Morgan fingerprint density at radius 1 is 1.58 bits per heavy atom. The van der Waals surface area contributed by atoms with E-state index in [1.165, 1.54) is 12.8 Å². The highest BCUT2D eigenvalue weighted by molar-refractivity contribution is 9.10. The minimum absolute atomic E-state index is 0.209. The van der Waals surface area contributed by atoms with Gasteiger partial charge in [-0.05, 0) is 52.7 Å². The maximum absolute atomic E-state index is 13.3. The van der Waals surface area contributed by atoms with Crippen LogP contribution >= 0.6 is 15.9 Å². The van der Waals surface area contributed by atoms with E-state index >= 15 is 0 Å². The predicted molar refractivity (Wildman–Crippen MR) is 48.6 cm³/mol. The van der Waals surface area contributed by atoms with Crippen LogP contribution in [0.15, 0.2) is 10.8 Å². The number of hydrogen-bond acceptors (Lipinski definition) is 1. The van der Waals surface area contributed by atoms with Crippen molar-refractivity contribution in [2.45, 2.75) is 25.7 Å². The van der Waals surface area contributed by atoms with Gasteiger partial charge in [0.1, 0.15) is 4.60 Å². The molecule has 1 aromatic heterocycles. The molecule has 0 bridgehead atoms. The molecule has 1 aliphatic carbocycles. The van der Waals surface area contributed by atoms with Crippen LogP contribution in [0.25, 0.3) is 0 Å². The second kappa shape index (κ2) is 2.80. The van der Waals surface area contributed by atoms with Gasteiger partial charge in [-0.25, -0.2) is 9.37 Å². The third-order valence-corrected chi connectivity index (χ3v) is 2.83. The van der Waals surface area contributed by atoms with Gasteiger partial charge in [-0.1, -0.05) is 0 Å². The fourth-order valence-electron chi connectivity index (χ4n) is 1.37. The van der Waals surface area contributed by atoms with Crippen LogP contribution < -0.4 is 0 Å². The van der Waals surface area contributed by atoms with Crippen molar-refractivity contribution in [2.24, 2.45) is 0 Å². The molecule has 0 spiro atoms. The Balaban J connectivity index is 2.49. The summed E-state index contributed by atoms with van der Waals surface area (Å²) in [6, 6.07) is 0. The minimum Gasteiger partial charge on any atom is -0.246 e. The lowest BCUT2D eigenvalue weighted by atomic mass is 10.1. The third kappa shape index (κ3) is 1.26. The molecule has 0 aliphatic heterocycles. The molecule has 1 fully saturated rings. The molecule has 0 saturated heterocycles. The highest BCUT2D eigenvalue weighted by atomic mass is 79.9. The summed E-state index contributed by atoms with van der Waals surface area (Å²) in [7, 11) is 0. The first-order valence-electron chi connectivity index (χ1n) is 4.00. The van der Waals surface area contributed by atoms with Gasteiger partial charge in [0, 0.05) is 6.20 Å². The second-order valence-corrected chi connectivity index (χ2v) is 3.97. The molecule has 64 valence electrons. The van der Waals surface area contributed by atoms with E-state index in [9.17, 15) is 4.39 Å². The van der Waals surface area contributed by atoms with Crippen molar-refractivity contribution in [1.29, 1.82) is 0 Å². The third-order valence-electron chi connectivity index (χ3n) is 2.28. The average Bonchev–Trinajstić information content (AvgIpc) is 2.84. The first kappa shape index (κ1) is 8.17. The Hall–Kier alpha value is -0.440. The number of halogens is 2. The van der Waals surface area contributed by atoms with E-state index in [0.29, 0.717) is 10.5 Å². The Kier molecular flexibility index (Phi) is 1.91. The summed E-state index contributed by atoms with van der Waals surface area (Å²) in [5, 5.41) is 0. The van der Waals surface area contributed by atoms with Crippen molar-refractivity contribution in [2.75, 3.05) is 0 Å². The van der Waals surface area contributed by atoms with Crippen LogP contribution in [0, 0.1) is 12.7 Å². The molecule has 2 rings (SSSR count). The van der Waals surface area contributed by atoms with Gasteiger partial charge < -0.3 is 0 Å². The topological polar surface area (TPSA) is 12.9 Å². The summed E-state index contributed by atoms with van der Waals surface area (Å²) in [6.45, 7) is 1.81. The lowest BCUT2D eigenvalue weighted by Gasteiger charge is -2.04. The summed E-state index contributed by atoms with van der Waals surface area (Å²) in [6.07, 6.45) is 4.15. The fourth-order valence-corrected chi connectivity index (χ4v) is 1.77. The van der Waals surface area contributed by atoms with Crippen molar-refractivity contribution in [3.05, 3.63) is 27.7 Å². The van der Waals surface area contributed by atoms with E-state index in [0.717, 1.165) is 11.1 Å². The number of pyridine rings is 1. The van der Waals surface area contributed by atoms with Gasteiger partial charge in [0.05, 0.1) is 0 Å². The van der Waals surface area contributed by atoms with Crippen LogP contribution in [0.2, 0.25) is 0 Å². The highest BCUT2D eigenvalue weighted by Crippen LogP contribution is 2.42. The van der Waals surface area contributed by atoms with Crippen LogP contribution in [-0.2, 0) is 0 Å². The van der Waals surface area contributed by atoms with Crippen molar-refractivity contribution < 1.29 is 4.39 Å². The van der Waals surface area contributed by atoms with E-state index in [1.807, 2.05) is 6.92 Å². The van der Waals surface area contributed by atoms with Gasteiger partial charge in [-0.2, -0.15) is 0 Å². The molecule has 1 nitrogen and oxygen atoms in total. The largest absolute Gasteiger partial charge is 0.246 e. The van der Waals surface area contributed by atoms with Crippen molar-refractivity contribution in [1.82, 2.24) is 4.98 Å². The molecule has 0 aromatic carbocycles. The summed E-state index contributed by atoms with van der Waals surface area (Å²) in [5.74, 6) is 0.361. The average molecular weight is 230 g/mol. The normalized spacial score (nSPS) is 16.6. The maximum Gasteiger partial charge on any atom is 0.159 e. The smallest absolute Gasteiger partial charge is 0.159 e. The van der Waals surface area contributed by atoms with Gasteiger partial charge in [0.25, 0.3) is 0 Å². The molecule has 1 aromatic rings. The monoisotopic (exact) mass is 229 g/mol. The van der Waals surface area contributed by atoms with Crippen molar-refractivity contribution in [3.8, 4) is 0 Å². The molecule has 1 aliphatic rings. The van der Waals surface area contributed by atoms with E-state index in [2.05, 4.69) is 20.9 Å². The quantitative estimate of drug-likeness (QED) is 0.675. The summed E-state index contributed by atoms with van der Waals surface area (Å²) < 4.78 is 13.6.